The third-order valence-corrected chi connectivity index (χ3v) is 7.77. The Labute approximate surface area is 232 Å². The molecular formula is C22H17N9O7S2. The number of nitrogen functional groups attached to an aromatic ring is 1. The predicted molar refractivity (Wildman–Crippen MR) is 134 cm³/mol. The van der Waals surface area contributed by atoms with Crippen LogP contribution in [0.15, 0.2) is 47.1 Å². The number of pyridine rings is 1. The van der Waals surface area contributed by atoms with Crippen molar-refractivity contribution in [1.82, 2.24) is 24.1 Å². The minimum atomic E-state index is -1.54. The number of nitriles is 1. The Balaban J connectivity index is 1.36. The number of aromatic nitrogens is 4. The number of carbonyl (C=O) groups excluding carboxylic acids is 3. The largest absolute Gasteiger partial charge is 0.543 e. The molecule has 18 heteroatoms. The van der Waals surface area contributed by atoms with E-state index in [2.05, 4.69) is 30.7 Å². The molecule has 0 unspecified atom stereocenters. The zero-order chi connectivity index (χ0) is 28.6. The zero-order valence-corrected chi connectivity index (χ0v) is 21.7. The summed E-state index contributed by atoms with van der Waals surface area (Å²) in [7, 11) is 0. The molecule has 0 spiro atoms. The van der Waals surface area contributed by atoms with Gasteiger partial charge in [-0.2, -0.15) is 14.6 Å². The Kier molecular flexibility index (Phi) is 7.06. The maximum atomic E-state index is 13.1. The summed E-state index contributed by atoms with van der Waals surface area (Å²) in [5.74, 6) is -4.53. The number of oxime groups is 1. The molecule has 2 aliphatic rings. The monoisotopic (exact) mass is 583 g/mol. The summed E-state index contributed by atoms with van der Waals surface area (Å²) in [6, 6.07) is 4.29. The number of thioether (sulfide) groups is 1. The molecule has 0 bridgehead atoms. The fraction of sp³-hybridized carbons (Fsp3) is 0.227. The van der Waals surface area contributed by atoms with Gasteiger partial charge in [-0.25, -0.2) is 13.8 Å². The second-order valence-corrected chi connectivity index (χ2v) is 10.3. The van der Waals surface area contributed by atoms with E-state index in [0.29, 0.717) is 16.8 Å². The van der Waals surface area contributed by atoms with E-state index in [1.807, 2.05) is 0 Å². The minimum absolute atomic E-state index is 0.0121. The van der Waals surface area contributed by atoms with Crippen molar-refractivity contribution in [3.8, 4) is 6.07 Å². The van der Waals surface area contributed by atoms with Gasteiger partial charge in [0.05, 0.1) is 17.2 Å². The number of β-lactam (4-membered cyclic amide) rings is 1. The van der Waals surface area contributed by atoms with Crippen molar-refractivity contribution in [2.24, 2.45) is 5.16 Å². The fourth-order valence-corrected chi connectivity index (χ4v) is 5.95. The zero-order valence-electron chi connectivity index (χ0n) is 20.1. The first-order valence-electron chi connectivity index (χ1n) is 11.3. The molecule has 0 aliphatic carbocycles. The van der Waals surface area contributed by atoms with E-state index in [1.165, 1.54) is 11.8 Å². The van der Waals surface area contributed by atoms with Gasteiger partial charge in [0.25, 0.3) is 17.5 Å². The Morgan fingerprint density at radius 1 is 1.40 bits per heavy atom. The van der Waals surface area contributed by atoms with Crippen molar-refractivity contribution in [2.75, 3.05) is 18.1 Å². The van der Waals surface area contributed by atoms with Gasteiger partial charge in [0.1, 0.15) is 42.6 Å². The lowest BCUT2D eigenvalue weighted by molar-refractivity contribution is -0.510. The van der Waals surface area contributed by atoms with Gasteiger partial charge in [-0.1, -0.05) is 5.16 Å². The number of aliphatic carboxylic acids is 2. The molecule has 40 heavy (non-hydrogen) atoms. The molecule has 1 fully saturated rings. The first-order valence-corrected chi connectivity index (χ1v) is 13.1. The van der Waals surface area contributed by atoms with Gasteiger partial charge in [-0.05, 0) is 6.07 Å². The van der Waals surface area contributed by atoms with Crippen molar-refractivity contribution in [3.63, 3.8) is 0 Å². The van der Waals surface area contributed by atoms with Gasteiger partial charge < -0.3 is 30.9 Å². The van der Waals surface area contributed by atoms with E-state index in [9.17, 15) is 24.3 Å². The van der Waals surface area contributed by atoms with Crippen LogP contribution in [-0.2, 0) is 30.6 Å². The molecule has 3 aromatic heterocycles. The van der Waals surface area contributed by atoms with E-state index in [1.54, 1.807) is 39.7 Å². The standard InChI is InChI=1S/C22H17N9O7S2/c23-5-10-1-2-12-29(6-10)3-4-30(12)7-11-9-39-20-15(19(35)31(20)16(11)21(36)37)25-18(34)14(27-38-8-13(32)33)17-26-22(24)40-28-17/h1-4,6,15,20H,7-9H2,(H4-,24,25,26,28,32,33,34,36,37)/b27-14+/t15-,20-/m1/s1. The van der Waals surface area contributed by atoms with Crippen LogP contribution in [0.1, 0.15) is 11.4 Å². The maximum absolute atomic E-state index is 13.1. The van der Waals surface area contributed by atoms with Crippen molar-refractivity contribution in [1.29, 1.82) is 5.26 Å². The van der Waals surface area contributed by atoms with E-state index in [4.69, 9.17) is 16.1 Å². The first-order chi connectivity index (χ1) is 19.2. The number of carboxylic acids is 2. The van der Waals surface area contributed by atoms with Gasteiger partial charge in [0, 0.05) is 28.9 Å². The van der Waals surface area contributed by atoms with E-state index in [0.717, 1.165) is 16.4 Å². The Morgan fingerprint density at radius 3 is 2.88 bits per heavy atom. The highest BCUT2D eigenvalue weighted by Gasteiger charge is 2.53. The summed E-state index contributed by atoms with van der Waals surface area (Å²) in [4.78, 5) is 58.5. The number of amides is 2. The summed E-state index contributed by atoms with van der Waals surface area (Å²) >= 11 is 2.01. The molecule has 5 rings (SSSR count). The molecule has 2 aliphatic heterocycles. The van der Waals surface area contributed by atoms with Crippen LogP contribution in [0.2, 0.25) is 0 Å². The molecule has 1 saturated heterocycles. The summed E-state index contributed by atoms with van der Waals surface area (Å²) in [6.45, 7) is -0.705. The Bertz CT molecular complexity index is 1670. The number of anilines is 1. The molecule has 5 heterocycles. The number of carbonyl (C=O) groups is 4. The van der Waals surface area contributed by atoms with Gasteiger partial charge in [0.15, 0.2) is 5.13 Å². The van der Waals surface area contributed by atoms with Crippen molar-refractivity contribution < 1.29 is 38.6 Å². The molecule has 16 nitrogen and oxygen atoms in total. The van der Waals surface area contributed by atoms with Crippen LogP contribution in [-0.4, -0.2) is 77.2 Å². The fourth-order valence-electron chi connectivity index (χ4n) is 4.18. The molecule has 0 aromatic carbocycles. The number of hydrogen-bond donors (Lipinski definition) is 3. The second-order valence-electron chi connectivity index (χ2n) is 8.38. The lowest BCUT2D eigenvalue weighted by Crippen LogP contribution is -2.71. The number of nitrogens with zero attached hydrogens (tertiary/aromatic N) is 7. The minimum Gasteiger partial charge on any atom is -0.543 e. The lowest BCUT2D eigenvalue weighted by Gasteiger charge is -2.50. The van der Waals surface area contributed by atoms with Crippen molar-refractivity contribution >= 4 is 63.5 Å². The van der Waals surface area contributed by atoms with Gasteiger partial charge >= 0.3 is 5.97 Å². The van der Waals surface area contributed by atoms with E-state index >= 15 is 0 Å². The highest BCUT2D eigenvalue weighted by atomic mass is 32.2. The van der Waals surface area contributed by atoms with Crippen LogP contribution in [0, 0.1) is 11.3 Å². The van der Waals surface area contributed by atoms with E-state index in [-0.39, 0.29) is 29.0 Å². The molecule has 2 atom stereocenters. The summed E-state index contributed by atoms with van der Waals surface area (Å²) < 4.78 is 7.37. The summed E-state index contributed by atoms with van der Waals surface area (Å²) in [5.41, 5.74) is 6.35. The van der Waals surface area contributed by atoms with Crippen LogP contribution in [0.4, 0.5) is 5.13 Å². The Morgan fingerprint density at radius 2 is 2.20 bits per heavy atom. The average molecular weight is 584 g/mol. The predicted octanol–water partition coefficient (Wildman–Crippen LogP) is -2.56. The average Bonchev–Trinajstić information content (AvgIpc) is 3.54. The highest BCUT2D eigenvalue weighted by Crippen LogP contribution is 2.40. The highest BCUT2D eigenvalue weighted by molar-refractivity contribution is 8.00. The second kappa shape index (κ2) is 10.6. The van der Waals surface area contributed by atoms with Gasteiger partial charge in [-0.15, -0.1) is 11.8 Å². The molecule has 0 radical (unpaired) electrons. The topological polar surface area (TPSA) is 233 Å². The molecule has 3 aromatic rings. The first kappa shape index (κ1) is 26.6. The molecule has 0 saturated carbocycles. The number of nitrogens with two attached hydrogens (primary N) is 1. The van der Waals surface area contributed by atoms with E-state index < -0.39 is 47.5 Å². The molecule has 4 N–H and O–H groups in total. The quantitative estimate of drug-likeness (QED) is 0.102. The number of hydrogen-bond acceptors (Lipinski definition) is 13. The smallest absolute Gasteiger partial charge is 0.344 e. The maximum Gasteiger partial charge on any atom is 0.344 e. The number of nitrogens with one attached hydrogen (secondary N) is 1. The number of fused-ring (bicyclic) bond motifs is 2. The van der Waals surface area contributed by atoms with Crippen LogP contribution in [0.25, 0.3) is 5.65 Å². The molecular weight excluding hydrogens is 566 g/mol. The Hall–Kier alpha value is -5.02. The number of imidazole rings is 1. The number of carboxylic acid groups (broad SMARTS) is 2. The van der Waals surface area contributed by atoms with Gasteiger partial charge in [0.2, 0.25) is 18.1 Å². The molecule has 2 amide bonds. The third-order valence-electron chi connectivity index (χ3n) is 5.89. The lowest BCUT2D eigenvalue weighted by atomic mass is 10.0. The summed E-state index contributed by atoms with van der Waals surface area (Å²) in [6.07, 6.45) is 5.08. The van der Waals surface area contributed by atoms with Crippen molar-refractivity contribution in [3.05, 3.63) is 53.4 Å². The summed E-state index contributed by atoms with van der Waals surface area (Å²) in [5, 5.41) is 35.3. The van der Waals surface area contributed by atoms with Crippen LogP contribution in [0.3, 0.4) is 0 Å². The number of rotatable bonds is 9. The molecule has 204 valence electrons. The third kappa shape index (κ3) is 4.90. The SMILES string of the molecule is N#Cc1ccc2n(CC3=C(C(=O)[O-])N4C(=O)[C@@H](NC(=O)/C(=N/OCC(=O)O)c5nsc(N)n5)[C@H]4SC3)cc[n+]2c1. The van der Waals surface area contributed by atoms with Gasteiger partial charge in [-0.3, -0.25) is 14.5 Å². The van der Waals surface area contributed by atoms with Crippen LogP contribution >= 0.6 is 23.3 Å². The normalized spacial score (nSPS) is 18.6. The van der Waals surface area contributed by atoms with Crippen molar-refractivity contribution in [2.45, 2.75) is 18.0 Å². The van der Waals surface area contributed by atoms with Crippen LogP contribution < -0.4 is 20.6 Å². The van der Waals surface area contributed by atoms with Crippen LogP contribution in [0.5, 0.6) is 0 Å².